The molecule has 1 aromatic carbocycles. The fourth-order valence-corrected chi connectivity index (χ4v) is 2.87. The van der Waals surface area contributed by atoms with Gasteiger partial charge in [-0.25, -0.2) is 9.18 Å². The summed E-state index contributed by atoms with van der Waals surface area (Å²) >= 11 is 0. The lowest BCUT2D eigenvalue weighted by Crippen LogP contribution is -2.45. The van der Waals surface area contributed by atoms with Gasteiger partial charge in [-0.1, -0.05) is 0 Å². The molecule has 0 spiro atoms. The lowest BCUT2D eigenvalue weighted by atomic mass is 10.1. The van der Waals surface area contributed by atoms with Crippen LogP contribution < -0.4 is 10.6 Å². The molecule has 1 aromatic heterocycles. The van der Waals surface area contributed by atoms with Crippen molar-refractivity contribution in [3.8, 4) is 12.1 Å². The number of nitriles is 2. The zero-order valence-corrected chi connectivity index (χ0v) is 14.9. The summed E-state index contributed by atoms with van der Waals surface area (Å²) in [5.41, 5.74) is 1.85. The van der Waals surface area contributed by atoms with E-state index in [1.165, 1.54) is 11.1 Å². The number of amides is 3. The van der Waals surface area contributed by atoms with Crippen LogP contribution in [0.5, 0.6) is 0 Å². The molecule has 140 valence electrons. The first-order valence-corrected chi connectivity index (χ1v) is 8.35. The fourth-order valence-electron chi connectivity index (χ4n) is 2.87. The molecule has 2 aromatic rings. The molecule has 0 bridgehead atoms. The van der Waals surface area contributed by atoms with E-state index < -0.39 is 23.8 Å². The van der Waals surface area contributed by atoms with E-state index in [0.29, 0.717) is 11.3 Å². The van der Waals surface area contributed by atoms with Crippen molar-refractivity contribution in [3.05, 3.63) is 58.7 Å². The number of halogens is 1. The number of nitrogens with one attached hydrogen (secondary N) is 2. The van der Waals surface area contributed by atoms with E-state index in [1.807, 2.05) is 6.07 Å². The van der Waals surface area contributed by atoms with Gasteiger partial charge in [0.1, 0.15) is 18.4 Å². The lowest BCUT2D eigenvalue weighted by Gasteiger charge is -2.29. The molecular weight excluding hydrogens is 363 g/mol. The Bertz CT molecular complexity index is 1040. The third kappa shape index (κ3) is 3.89. The molecule has 28 heavy (non-hydrogen) atoms. The molecular formula is C19H15FN6O2. The van der Waals surface area contributed by atoms with Crippen LogP contribution in [0.1, 0.15) is 35.3 Å². The molecule has 0 aliphatic carbocycles. The minimum atomic E-state index is -0.745. The Labute approximate surface area is 160 Å². The minimum Gasteiger partial charge on any atom is -0.346 e. The van der Waals surface area contributed by atoms with Crippen molar-refractivity contribution in [2.45, 2.75) is 19.5 Å². The second-order valence-corrected chi connectivity index (χ2v) is 6.26. The maximum Gasteiger partial charge on any atom is 0.322 e. The van der Waals surface area contributed by atoms with Crippen LogP contribution in [0, 0.1) is 28.5 Å². The average Bonchev–Trinajstić information content (AvgIpc) is 2.67. The molecule has 0 saturated carbocycles. The summed E-state index contributed by atoms with van der Waals surface area (Å²) in [7, 11) is 0. The van der Waals surface area contributed by atoms with E-state index in [0.717, 1.165) is 11.6 Å². The van der Waals surface area contributed by atoms with Crippen LogP contribution in [0.2, 0.25) is 0 Å². The number of benzene rings is 1. The number of pyridine rings is 1. The first-order valence-electron chi connectivity index (χ1n) is 8.35. The summed E-state index contributed by atoms with van der Waals surface area (Å²) in [6.07, 6.45) is 1.23. The van der Waals surface area contributed by atoms with Crippen molar-refractivity contribution in [3.63, 3.8) is 0 Å². The SMILES string of the molecule is CC(NC(=O)CN1Cc2cc(C#N)ccc2NC1=O)c1ncc(C#N)cc1F. The van der Waals surface area contributed by atoms with E-state index >= 15 is 0 Å². The smallest absolute Gasteiger partial charge is 0.322 e. The first kappa shape index (κ1) is 18.8. The number of carbonyl (C=O) groups excluding carboxylic acids is 2. The van der Waals surface area contributed by atoms with E-state index in [2.05, 4.69) is 15.6 Å². The third-order valence-electron chi connectivity index (χ3n) is 4.25. The Hall–Kier alpha value is -3.98. The van der Waals surface area contributed by atoms with Crippen molar-refractivity contribution >= 4 is 17.6 Å². The highest BCUT2D eigenvalue weighted by molar-refractivity contribution is 5.95. The molecule has 0 saturated heterocycles. The van der Waals surface area contributed by atoms with Gasteiger partial charge in [0.15, 0.2) is 0 Å². The molecule has 1 aliphatic heterocycles. The van der Waals surface area contributed by atoms with Crippen LogP contribution in [0.25, 0.3) is 0 Å². The van der Waals surface area contributed by atoms with E-state index in [1.54, 1.807) is 31.2 Å². The summed E-state index contributed by atoms with van der Waals surface area (Å²) in [6.45, 7) is 1.48. The van der Waals surface area contributed by atoms with Crippen LogP contribution in [0.3, 0.4) is 0 Å². The number of hydrogen-bond acceptors (Lipinski definition) is 5. The van der Waals surface area contributed by atoms with Crippen molar-refractivity contribution in [1.82, 2.24) is 15.2 Å². The molecule has 3 rings (SSSR count). The number of urea groups is 1. The van der Waals surface area contributed by atoms with Gasteiger partial charge >= 0.3 is 6.03 Å². The zero-order chi connectivity index (χ0) is 20.3. The van der Waals surface area contributed by atoms with Crippen LogP contribution in [0.4, 0.5) is 14.9 Å². The number of hydrogen-bond donors (Lipinski definition) is 2. The molecule has 2 heterocycles. The highest BCUT2D eigenvalue weighted by Gasteiger charge is 2.25. The zero-order valence-electron chi connectivity index (χ0n) is 14.9. The summed E-state index contributed by atoms with van der Waals surface area (Å²) in [6, 6.07) is 8.57. The molecule has 1 atom stereocenters. The predicted octanol–water partition coefficient (Wildman–Crippen LogP) is 2.19. The van der Waals surface area contributed by atoms with Crippen molar-refractivity contribution in [2.24, 2.45) is 0 Å². The highest BCUT2D eigenvalue weighted by atomic mass is 19.1. The molecule has 1 aliphatic rings. The van der Waals surface area contributed by atoms with Gasteiger partial charge in [0.05, 0.1) is 35.5 Å². The number of aromatic nitrogens is 1. The second-order valence-electron chi connectivity index (χ2n) is 6.26. The summed E-state index contributed by atoms with van der Waals surface area (Å²) < 4.78 is 14.0. The van der Waals surface area contributed by atoms with Gasteiger partial charge < -0.3 is 15.5 Å². The van der Waals surface area contributed by atoms with Gasteiger partial charge in [-0.05, 0) is 36.8 Å². The highest BCUT2D eigenvalue weighted by Crippen LogP contribution is 2.24. The molecule has 3 amide bonds. The Morgan fingerprint density at radius 2 is 2.11 bits per heavy atom. The Balaban J connectivity index is 1.67. The molecule has 1 unspecified atom stereocenters. The second kappa shape index (κ2) is 7.72. The average molecular weight is 378 g/mol. The minimum absolute atomic E-state index is 0.000506. The summed E-state index contributed by atoms with van der Waals surface area (Å²) in [4.78, 5) is 29.7. The topological polar surface area (TPSA) is 122 Å². The van der Waals surface area contributed by atoms with E-state index in [-0.39, 0.29) is 24.3 Å². The van der Waals surface area contributed by atoms with Gasteiger partial charge in [0.2, 0.25) is 5.91 Å². The summed E-state index contributed by atoms with van der Waals surface area (Å²) in [5, 5.41) is 23.0. The number of anilines is 1. The largest absolute Gasteiger partial charge is 0.346 e. The van der Waals surface area contributed by atoms with Crippen LogP contribution in [-0.2, 0) is 11.3 Å². The van der Waals surface area contributed by atoms with Crippen molar-refractivity contribution in [2.75, 3.05) is 11.9 Å². The number of fused-ring (bicyclic) bond motifs is 1. The fraction of sp³-hybridized carbons (Fsp3) is 0.211. The number of carbonyl (C=O) groups is 2. The molecule has 0 fully saturated rings. The van der Waals surface area contributed by atoms with Gasteiger partial charge in [-0.2, -0.15) is 10.5 Å². The third-order valence-corrected chi connectivity index (χ3v) is 4.25. The van der Waals surface area contributed by atoms with Crippen molar-refractivity contribution < 1.29 is 14.0 Å². The van der Waals surface area contributed by atoms with Gasteiger partial charge in [0, 0.05) is 11.9 Å². The maximum atomic E-state index is 14.0. The number of rotatable bonds is 4. The maximum absolute atomic E-state index is 14.0. The van der Waals surface area contributed by atoms with Crippen LogP contribution in [-0.4, -0.2) is 28.4 Å². The van der Waals surface area contributed by atoms with Gasteiger partial charge in [-0.15, -0.1) is 0 Å². The van der Waals surface area contributed by atoms with Crippen LogP contribution in [0.15, 0.2) is 30.5 Å². The van der Waals surface area contributed by atoms with E-state index in [9.17, 15) is 14.0 Å². The molecule has 0 radical (unpaired) electrons. The van der Waals surface area contributed by atoms with Gasteiger partial charge in [0.25, 0.3) is 0 Å². The van der Waals surface area contributed by atoms with Crippen LogP contribution >= 0.6 is 0 Å². The molecule has 9 heteroatoms. The Morgan fingerprint density at radius 3 is 2.79 bits per heavy atom. The Morgan fingerprint density at radius 1 is 1.36 bits per heavy atom. The first-order chi connectivity index (χ1) is 13.4. The normalized spacial score (nSPS) is 13.6. The predicted molar refractivity (Wildman–Crippen MR) is 96.1 cm³/mol. The van der Waals surface area contributed by atoms with E-state index in [4.69, 9.17) is 10.5 Å². The monoisotopic (exact) mass is 378 g/mol. The summed E-state index contributed by atoms with van der Waals surface area (Å²) in [5.74, 6) is -1.19. The quantitative estimate of drug-likeness (QED) is 0.844. The van der Waals surface area contributed by atoms with Crippen molar-refractivity contribution in [1.29, 1.82) is 10.5 Å². The molecule has 8 nitrogen and oxygen atoms in total. The lowest BCUT2D eigenvalue weighted by molar-refractivity contribution is -0.122. The Kier molecular flexibility index (Phi) is 5.18. The standard InChI is InChI=1S/C19H15FN6O2/c1-11(18-15(20)5-13(7-22)8-23-18)24-17(27)10-26-9-14-4-12(6-21)2-3-16(14)25-19(26)28/h2-5,8,11H,9-10H2,1H3,(H,24,27)(H,25,28). The number of nitrogens with zero attached hydrogens (tertiary/aromatic N) is 4. The van der Waals surface area contributed by atoms with Gasteiger partial charge in [-0.3, -0.25) is 9.78 Å². The molecule has 2 N–H and O–H groups in total.